The summed E-state index contributed by atoms with van der Waals surface area (Å²) in [6, 6.07) is 14.1. The molecule has 0 aliphatic carbocycles. The molecule has 2 aromatic rings. The molecule has 0 saturated carbocycles. The summed E-state index contributed by atoms with van der Waals surface area (Å²) in [5, 5.41) is 9.44. The molecule has 0 radical (unpaired) electrons. The van der Waals surface area contributed by atoms with E-state index in [9.17, 15) is 14.7 Å². The molecule has 0 fully saturated rings. The van der Waals surface area contributed by atoms with Crippen LogP contribution < -0.4 is 9.80 Å². The van der Waals surface area contributed by atoms with E-state index in [0.29, 0.717) is 25.1 Å². The molecule has 1 amide bonds. The molecule has 6 heteroatoms. The van der Waals surface area contributed by atoms with Crippen molar-refractivity contribution >= 4 is 29.8 Å². The predicted molar refractivity (Wildman–Crippen MR) is 125 cm³/mol. The highest BCUT2D eigenvalue weighted by Crippen LogP contribution is 2.32. The van der Waals surface area contributed by atoms with Crippen molar-refractivity contribution in [3.63, 3.8) is 0 Å². The van der Waals surface area contributed by atoms with Gasteiger partial charge in [0.05, 0.1) is 12.3 Å². The second kappa shape index (κ2) is 10.8. The Morgan fingerprint density at radius 3 is 2.52 bits per heavy atom. The summed E-state index contributed by atoms with van der Waals surface area (Å²) < 4.78 is 5.62. The number of carboxylic acids is 1. The summed E-state index contributed by atoms with van der Waals surface area (Å²) in [4.78, 5) is 26.9. The quantitative estimate of drug-likeness (QED) is 0.453. The number of anilines is 2. The Labute approximate surface area is 183 Å². The van der Waals surface area contributed by atoms with Gasteiger partial charge >= 0.3 is 5.97 Å². The summed E-state index contributed by atoms with van der Waals surface area (Å²) >= 11 is 0. The van der Waals surface area contributed by atoms with Crippen LogP contribution in [0.2, 0.25) is 0 Å². The molecular weight excluding hydrogens is 392 g/mol. The van der Waals surface area contributed by atoms with Crippen molar-refractivity contribution < 1.29 is 19.4 Å². The van der Waals surface area contributed by atoms with E-state index >= 15 is 0 Å². The highest BCUT2D eigenvalue weighted by Gasteiger charge is 2.19. The molecule has 3 rings (SSSR count). The number of carbonyl (C=O) groups excluding carboxylic acids is 1. The molecule has 1 aliphatic heterocycles. The SMILES string of the molecule is CCCOCCN(CC)c1ccc(-c2ccc3c(c2)C=C(C(=O)O)CCN3C=O)cc1. The van der Waals surface area contributed by atoms with Gasteiger partial charge in [-0.15, -0.1) is 0 Å². The van der Waals surface area contributed by atoms with Crippen LogP contribution >= 0.6 is 0 Å². The Bertz CT molecular complexity index is 937. The van der Waals surface area contributed by atoms with Crippen molar-refractivity contribution in [2.75, 3.05) is 42.6 Å². The van der Waals surface area contributed by atoms with Crippen LogP contribution in [-0.2, 0) is 14.3 Å². The van der Waals surface area contributed by atoms with Crippen molar-refractivity contribution in [1.82, 2.24) is 0 Å². The summed E-state index contributed by atoms with van der Waals surface area (Å²) in [7, 11) is 0. The lowest BCUT2D eigenvalue weighted by molar-refractivity contribution is -0.132. The fraction of sp³-hybridized carbons (Fsp3) is 0.360. The average molecular weight is 423 g/mol. The normalized spacial score (nSPS) is 13.2. The smallest absolute Gasteiger partial charge is 0.331 e. The topological polar surface area (TPSA) is 70.1 Å². The van der Waals surface area contributed by atoms with Gasteiger partial charge in [-0.3, -0.25) is 4.79 Å². The zero-order valence-corrected chi connectivity index (χ0v) is 18.2. The van der Waals surface area contributed by atoms with Crippen molar-refractivity contribution in [3.05, 3.63) is 53.6 Å². The fourth-order valence-electron chi connectivity index (χ4n) is 3.77. The molecule has 2 aromatic carbocycles. The maximum atomic E-state index is 11.5. The summed E-state index contributed by atoms with van der Waals surface area (Å²) in [5.41, 5.74) is 4.94. The summed E-state index contributed by atoms with van der Waals surface area (Å²) in [6.45, 7) is 7.83. The molecule has 1 aliphatic rings. The van der Waals surface area contributed by atoms with Gasteiger partial charge in [-0.1, -0.05) is 25.1 Å². The van der Waals surface area contributed by atoms with Crippen molar-refractivity contribution in [3.8, 4) is 11.1 Å². The molecule has 31 heavy (non-hydrogen) atoms. The number of rotatable bonds is 10. The lowest BCUT2D eigenvalue weighted by atomic mass is 10.00. The van der Waals surface area contributed by atoms with Gasteiger partial charge in [0.25, 0.3) is 0 Å². The molecule has 164 valence electrons. The second-order valence-electron chi connectivity index (χ2n) is 7.54. The number of ether oxygens (including phenoxy) is 1. The molecule has 1 N–H and O–H groups in total. The van der Waals surface area contributed by atoms with Crippen LogP contribution in [0.15, 0.2) is 48.0 Å². The third-order valence-corrected chi connectivity index (χ3v) is 5.49. The Hall–Kier alpha value is -3.12. The monoisotopic (exact) mass is 422 g/mol. The van der Waals surface area contributed by atoms with E-state index in [1.54, 1.807) is 11.0 Å². The number of hydrogen-bond acceptors (Lipinski definition) is 4. The van der Waals surface area contributed by atoms with E-state index in [-0.39, 0.29) is 0 Å². The number of likely N-dealkylation sites (N-methyl/N-ethyl adjacent to an activating group) is 1. The molecule has 0 bridgehead atoms. The van der Waals surface area contributed by atoms with E-state index in [0.717, 1.165) is 60.6 Å². The van der Waals surface area contributed by atoms with E-state index < -0.39 is 5.97 Å². The van der Waals surface area contributed by atoms with Gasteiger partial charge in [-0.2, -0.15) is 0 Å². The first-order chi connectivity index (χ1) is 15.1. The number of carbonyl (C=O) groups is 2. The van der Waals surface area contributed by atoms with Gasteiger partial charge < -0.3 is 19.6 Å². The van der Waals surface area contributed by atoms with E-state index in [1.807, 2.05) is 18.2 Å². The van der Waals surface area contributed by atoms with E-state index in [4.69, 9.17) is 4.74 Å². The highest BCUT2D eigenvalue weighted by molar-refractivity contribution is 5.96. The number of amides is 1. The van der Waals surface area contributed by atoms with Crippen LogP contribution in [0.4, 0.5) is 11.4 Å². The minimum absolute atomic E-state index is 0.307. The lowest BCUT2D eigenvalue weighted by Gasteiger charge is -2.23. The number of nitrogens with zero attached hydrogens (tertiary/aromatic N) is 2. The highest BCUT2D eigenvalue weighted by atomic mass is 16.5. The maximum Gasteiger partial charge on any atom is 0.331 e. The minimum Gasteiger partial charge on any atom is -0.478 e. The maximum absolute atomic E-state index is 11.5. The third kappa shape index (κ3) is 5.52. The van der Waals surface area contributed by atoms with Gasteiger partial charge in [0, 0.05) is 37.5 Å². The first-order valence-corrected chi connectivity index (χ1v) is 10.8. The van der Waals surface area contributed by atoms with Gasteiger partial charge in [0.1, 0.15) is 0 Å². The molecule has 0 spiro atoms. The van der Waals surface area contributed by atoms with Crippen LogP contribution in [0.3, 0.4) is 0 Å². The summed E-state index contributed by atoms with van der Waals surface area (Å²) in [6.07, 6.45) is 3.78. The predicted octanol–water partition coefficient (Wildman–Crippen LogP) is 4.44. The van der Waals surface area contributed by atoms with Crippen molar-refractivity contribution in [2.24, 2.45) is 0 Å². The van der Waals surface area contributed by atoms with Crippen LogP contribution in [0, 0.1) is 0 Å². The van der Waals surface area contributed by atoms with Crippen LogP contribution in [0.5, 0.6) is 0 Å². The standard InChI is InChI=1S/C25H30N2O4/c1-3-14-31-15-13-26(4-2)23-8-5-19(6-9-23)20-7-10-24-22(16-20)17-21(25(29)30)11-12-27(24)18-28/h5-10,16-18H,3-4,11-15H2,1-2H3,(H,29,30). The molecule has 1 heterocycles. The van der Waals surface area contributed by atoms with Crippen LogP contribution in [0.1, 0.15) is 32.3 Å². The Morgan fingerprint density at radius 1 is 1.13 bits per heavy atom. The van der Waals surface area contributed by atoms with Crippen LogP contribution in [0.25, 0.3) is 17.2 Å². The molecule has 0 atom stereocenters. The first kappa shape index (κ1) is 22.6. The van der Waals surface area contributed by atoms with Crippen molar-refractivity contribution in [2.45, 2.75) is 26.7 Å². The number of benzene rings is 2. The van der Waals surface area contributed by atoms with Gasteiger partial charge in [-0.05, 0) is 66.8 Å². The molecule has 0 unspecified atom stereocenters. The zero-order valence-electron chi connectivity index (χ0n) is 18.2. The second-order valence-corrected chi connectivity index (χ2v) is 7.54. The third-order valence-electron chi connectivity index (χ3n) is 5.49. The molecular formula is C25H30N2O4. The fourth-order valence-corrected chi connectivity index (χ4v) is 3.77. The van der Waals surface area contributed by atoms with E-state index in [2.05, 4.69) is 43.0 Å². The van der Waals surface area contributed by atoms with Gasteiger partial charge in [0.2, 0.25) is 6.41 Å². The Kier molecular flexibility index (Phi) is 7.84. The molecule has 0 saturated heterocycles. The van der Waals surface area contributed by atoms with Gasteiger partial charge in [0.15, 0.2) is 0 Å². The Morgan fingerprint density at radius 2 is 1.87 bits per heavy atom. The first-order valence-electron chi connectivity index (χ1n) is 10.8. The number of hydrogen-bond donors (Lipinski definition) is 1. The zero-order chi connectivity index (χ0) is 22.2. The molecule has 6 nitrogen and oxygen atoms in total. The minimum atomic E-state index is -0.948. The van der Waals surface area contributed by atoms with Crippen LogP contribution in [-0.4, -0.2) is 50.3 Å². The number of carboxylic acid groups (broad SMARTS) is 1. The number of fused-ring (bicyclic) bond motifs is 1. The van der Waals surface area contributed by atoms with Gasteiger partial charge in [-0.25, -0.2) is 4.79 Å². The number of aliphatic carboxylic acids is 1. The van der Waals surface area contributed by atoms with Crippen molar-refractivity contribution in [1.29, 1.82) is 0 Å². The largest absolute Gasteiger partial charge is 0.478 e. The summed E-state index contributed by atoms with van der Waals surface area (Å²) in [5.74, 6) is -0.948. The molecule has 0 aromatic heterocycles. The average Bonchev–Trinajstić information content (AvgIpc) is 2.98. The Balaban J connectivity index is 1.84. The lowest BCUT2D eigenvalue weighted by Crippen LogP contribution is -2.27. The van der Waals surface area contributed by atoms with E-state index in [1.165, 1.54) is 0 Å².